The van der Waals surface area contributed by atoms with Crippen molar-refractivity contribution in [1.29, 1.82) is 0 Å². The molecule has 176 valence electrons. The maximum absolute atomic E-state index is 6.23. The first-order chi connectivity index (χ1) is 16.0. The molecule has 1 saturated heterocycles. The van der Waals surface area contributed by atoms with Crippen molar-refractivity contribution in [2.45, 2.75) is 19.4 Å². The van der Waals surface area contributed by atoms with Crippen LogP contribution in [0.25, 0.3) is 11.0 Å². The van der Waals surface area contributed by atoms with Gasteiger partial charge in [0, 0.05) is 36.6 Å². The van der Waals surface area contributed by atoms with E-state index < -0.39 is 0 Å². The maximum Gasteiger partial charge on any atom is 0.174 e. The fraction of sp³-hybridized carbons (Fsp3) is 0.400. The number of hydrogen-bond acceptors (Lipinski definition) is 5. The first-order valence-electron chi connectivity index (χ1n) is 11.2. The smallest absolute Gasteiger partial charge is 0.174 e. The number of rotatable bonds is 8. The zero-order chi connectivity index (χ0) is 23.2. The summed E-state index contributed by atoms with van der Waals surface area (Å²) in [6.45, 7) is 7.44. The van der Waals surface area contributed by atoms with Gasteiger partial charge in [-0.2, -0.15) is 0 Å². The molecule has 1 N–H and O–H groups in total. The van der Waals surface area contributed by atoms with Crippen LogP contribution in [0.15, 0.2) is 52.9 Å². The number of ether oxygens (including phenoxy) is 2. The van der Waals surface area contributed by atoms with Crippen LogP contribution in [-0.2, 0) is 4.74 Å². The Morgan fingerprint density at radius 1 is 1.21 bits per heavy atom. The quantitative estimate of drug-likeness (QED) is 0.416. The lowest BCUT2D eigenvalue weighted by molar-refractivity contribution is 0.0365. The number of furan rings is 1. The summed E-state index contributed by atoms with van der Waals surface area (Å²) in [7, 11) is 1.63. The molecule has 0 bridgehead atoms. The van der Waals surface area contributed by atoms with Gasteiger partial charge >= 0.3 is 0 Å². The molecule has 3 aromatic rings. The summed E-state index contributed by atoms with van der Waals surface area (Å²) < 4.78 is 17.1. The van der Waals surface area contributed by atoms with E-state index in [0.717, 1.165) is 68.2 Å². The normalized spacial score (nSPS) is 15.4. The zero-order valence-corrected chi connectivity index (χ0v) is 20.6. The Morgan fingerprint density at radius 2 is 2.00 bits per heavy atom. The fourth-order valence-electron chi connectivity index (χ4n) is 4.09. The van der Waals surface area contributed by atoms with Gasteiger partial charge in [-0.05, 0) is 55.9 Å². The number of hydrogen-bond donors (Lipinski definition) is 1. The summed E-state index contributed by atoms with van der Waals surface area (Å²) in [5.74, 6) is 1.57. The monoisotopic (exact) mass is 487 g/mol. The Labute approximate surface area is 205 Å². The molecule has 0 radical (unpaired) electrons. The van der Waals surface area contributed by atoms with Gasteiger partial charge in [0.15, 0.2) is 5.11 Å². The molecule has 33 heavy (non-hydrogen) atoms. The van der Waals surface area contributed by atoms with Gasteiger partial charge in [-0.15, -0.1) is 0 Å². The molecule has 0 spiro atoms. The van der Waals surface area contributed by atoms with Crippen LogP contribution in [0.5, 0.6) is 5.75 Å². The molecule has 1 atom stereocenters. The topological polar surface area (TPSA) is 50.1 Å². The molecular formula is C25H30ClN3O3S. The summed E-state index contributed by atoms with van der Waals surface area (Å²) in [6, 6.07) is 15.5. The third-order valence-electron chi connectivity index (χ3n) is 5.96. The van der Waals surface area contributed by atoms with Crippen molar-refractivity contribution in [3.8, 4) is 5.75 Å². The Bertz CT molecular complexity index is 1050. The molecule has 4 rings (SSSR count). The number of fused-ring (bicyclic) bond motifs is 1. The molecule has 0 unspecified atom stereocenters. The van der Waals surface area contributed by atoms with Crippen LogP contribution >= 0.6 is 23.8 Å². The highest BCUT2D eigenvalue weighted by atomic mass is 35.5. The van der Waals surface area contributed by atoms with Crippen molar-refractivity contribution in [2.24, 2.45) is 0 Å². The van der Waals surface area contributed by atoms with E-state index in [4.69, 9.17) is 37.7 Å². The highest BCUT2D eigenvalue weighted by molar-refractivity contribution is 7.80. The van der Waals surface area contributed by atoms with E-state index in [1.807, 2.05) is 30.3 Å². The van der Waals surface area contributed by atoms with Crippen LogP contribution in [0.3, 0.4) is 0 Å². The molecule has 2 heterocycles. The second kappa shape index (κ2) is 11.2. The van der Waals surface area contributed by atoms with E-state index in [9.17, 15) is 0 Å². The average molecular weight is 488 g/mol. The molecule has 1 fully saturated rings. The summed E-state index contributed by atoms with van der Waals surface area (Å²) in [6.07, 6.45) is 0.971. The van der Waals surface area contributed by atoms with Crippen LogP contribution < -0.4 is 10.1 Å². The molecule has 0 saturated carbocycles. The molecule has 1 aliphatic heterocycles. The van der Waals surface area contributed by atoms with Crippen molar-refractivity contribution in [3.63, 3.8) is 0 Å². The SMILES string of the molecule is COc1ccc(Cl)cc1NC(=S)N(CCCN1CCOCC1)[C@H](C)c1cc2ccccc2o1. The largest absolute Gasteiger partial charge is 0.495 e. The van der Waals surface area contributed by atoms with Crippen molar-refractivity contribution in [1.82, 2.24) is 9.80 Å². The Morgan fingerprint density at radius 3 is 2.76 bits per heavy atom. The second-order valence-corrected chi connectivity index (χ2v) is 8.96. The minimum atomic E-state index is -0.0488. The third-order valence-corrected chi connectivity index (χ3v) is 6.54. The van der Waals surface area contributed by atoms with Crippen molar-refractivity contribution in [2.75, 3.05) is 51.8 Å². The molecule has 8 heteroatoms. The molecular weight excluding hydrogens is 458 g/mol. The molecule has 2 aromatic carbocycles. The van der Waals surface area contributed by atoms with Gasteiger partial charge < -0.3 is 24.1 Å². The average Bonchev–Trinajstić information content (AvgIpc) is 3.27. The first-order valence-corrected chi connectivity index (χ1v) is 12.0. The fourth-order valence-corrected chi connectivity index (χ4v) is 4.62. The van der Waals surface area contributed by atoms with Gasteiger partial charge in [-0.25, -0.2) is 0 Å². The highest BCUT2D eigenvalue weighted by Crippen LogP contribution is 2.31. The summed E-state index contributed by atoms with van der Waals surface area (Å²) in [5, 5.41) is 5.65. The number of nitrogens with one attached hydrogen (secondary N) is 1. The standard InChI is InChI=1S/C25H30ClN3O3S/c1-18(24-16-19-6-3-4-7-22(19)32-24)29(11-5-10-28-12-14-31-15-13-28)25(33)27-21-17-20(26)8-9-23(21)30-2/h3-4,6-9,16-18H,5,10-15H2,1-2H3,(H,27,33)/t18-/m1/s1. The predicted octanol–water partition coefficient (Wildman–Crippen LogP) is 5.58. The van der Waals surface area contributed by atoms with Crippen molar-refractivity contribution in [3.05, 3.63) is 59.3 Å². The zero-order valence-electron chi connectivity index (χ0n) is 19.1. The Hall–Kier alpha value is -2.32. The number of para-hydroxylation sites is 1. The molecule has 1 aromatic heterocycles. The van der Waals surface area contributed by atoms with Crippen LogP contribution in [0.1, 0.15) is 25.1 Å². The van der Waals surface area contributed by atoms with E-state index in [1.54, 1.807) is 13.2 Å². The predicted molar refractivity (Wildman–Crippen MR) is 137 cm³/mol. The number of anilines is 1. The first kappa shape index (κ1) is 23.8. The summed E-state index contributed by atoms with van der Waals surface area (Å²) >= 11 is 12.1. The van der Waals surface area contributed by atoms with Gasteiger partial charge in [0.1, 0.15) is 17.1 Å². The van der Waals surface area contributed by atoms with E-state index in [2.05, 4.69) is 34.2 Å². The second-order valence-electron chi connectivity index (χ2n) is 8.14. The van der Waals surface area contributed by atoms with Gasteiger partial charge in [0.25, 0.3) is 0 Å². The van der Waals surface area contributed by atoms with E-state index in [1.165, 1.54) is 0 Å². The van der Waals surface area contributed by atoms with Crippen LogP contribution in [0.4, 0.5) is 5.69 Å². The van der Waals surface area contributed by atoms with E-state index >= 15 is 0 Å². The number of thiocarbonyl (C=S) groups is 1. The number of halogens is 1. The molecule has 0 aliphatic carbocycles. The number of benzene rings is 2. The van der Waals surface area contributed by atoms with Crippen LogP contribution in [0, 0.1) is 0 Å². The van der Waals surface area contributed by atoms with Crippen molar-refractivity contribution < 1.29 is 13.9 Å². The van der Waals surface area contributed by atoms with Crippen LogP contribution in [-0.4, -0.2) is 61.4 Å². The van der Waals surface area contributed by atoms with Gasteiger partial charge in [0.05, 0.1) is 32.1 Å². The lowest BCUT2D eigenvalue weighted by Gasteiger charge is -2.32. The Balaban J connectivity index is 1.53. The molecule has 1 aliphatic rings. The Kier molecular flexibility index (Phi) is 8.09. The third kappa shape index (κ3) is 5.98. The number of methoxy groups -OCH3 is 1. The minimum absolute atomic E-state index is 0.0488. The number of morpholine rings is 1. The number of nitrogens with zero attached hydrogens (tertiary/aromatic N) is 2. The van der Waals surface area contributed by atoms with E-state index in [0.29, 0.717) is 15.9 Å². The van der Waals surface area contributed by atoms with Gasteiger partial charge in [-0.3, -0.25) is 4.90 Å². The van der Waals surface area contributed by atoms with Crippen molar-refractivity contribution >= 4 is 45.6 Å². The maximum atomic E-state index is 6.23. The molecule has 6 nitrogen and oxygen atoms in total. The minimum Gasteiger partial charge on any atom is -0.495 e. The lowest BCUT2D eigenvalue weighted by Crippen LogP contribution is -2.41. The lowest BCUT2D eigenvalue weighted by atomic mass is 10.2. The van der Waals surface area contributed by atoms with E-state index in [-0.39, 0.29) is 6.04 Å². The summed E-state index contributed by atoms with van der Waals surface area (Å²) in [4.78, 5) is 4.61. The van der Waals surface area contributed by atoms with Gasteiger partial charge in [-0.1, -0.05) is 29.8 Å². The highest BCUT2D eigenvalue weighted by Gasteiger charge is 2.23. The van der Waals surface area contributed by atoms with Crippen LogP contribution in [0.2, 0.25) is 5.02 Å². The molecule has 0 amide bonds. The summed E-state index contributed by atoms with van der Waals surface area (Å²) in [5.41, 5.74) is 1.62. The van der Waals surface area contributed by atoms with Gasteiger partial charge in [0.2, 0.25) is 0 Å².